The number of para-hydroxylation sites is 1. The molecule has 0 saturated carbocycles. The number of rotatable bonds is 3. The van der Waals surface area contributed by atoms with E-state index in [-0.39, 0.29) is 11.7 Å². The number of hydrazine groups is 1. The van der Waals surface area contributed by atoms with Gasteiger partial charge < -0.3 is 5.32 Å². The number of nitrogens with zero attached hydrogens (tertiary/aromatic N) is 2. The predicted molar refractivity (Wildman–Crippen MR) is 97.4 cm³/mol. The summed E-state index contributed by atoms with van der Waals surface area (Å²) < 4.78 is 13.7. The Morgan fingerprint density at radius 2 is 1.80 bits per heavy atom. The molecule has 5 heteroatoms. The standard InChI is InChI=1S/C20H20FN3O/c21-15-9-10-19-17(13-15)18(20(25)22-19)14-24(16-7-3-1-4-8-16)23-11-5-2-6-12-23/h1,3-4,7-10,13-14H,2,5-6,11-12H2,(H,22,25). The predicted octanol–water partition coefficient (Wildman–Crippen LogP) is 4.03. The molecule has 2 aliphatic rings. The van der Waals surface area contributed by atoms with Gasteiger partial charge in [0.15, 0.2) is 0 Å². The molecule has 128 valence electrons. The van der Waals surface area contributed by atoms with Gasteiger partial charge in [-0.15, -0.1) is 0 Å². The second-order valence-electron chi connectivity index (χ2n) is 6.38. The Hall–Kier alpha value is -2.66. The average molecular weight is 337 g/mol. The minimum atomic E-state index is -0.342. The zero-order valence-corrected chi connectivity index (χ0v) is 13.9. The third-order valence-corrected chi connectivity index (χ3v) is 4.67. The van der Waals surface area contributed by atoms with Crippen LogP contribution in [-0.4, -0.2) is 24.0 Å². The van der Waals surface area contributed by atoms with Crippen LogP contribution in [0.25, 0.3) is 5.57 Å². The number of amides is 1. The summed E-state index contributed by atoms with van der Waals surface area (Å²) in [6.45, 7) is 1.88. The topological polar surface area (TPSA) is 35.6 Å². The lowest BCUT2D eigenvalue weighted by molar-refractivity contribution is -0.110. The van der Waals surface area contributed by atoms with E-state index < -0.39 is 0 Å². The first-order chi connectivity index (χ1) is 12.2. The van der Waals surface area contributed by atoms with Gasteiger partial charge in [-0.25, -0.2) is 9.40 Å². The molecule has 1 amide bonds. The maximum atomic E-state index is 13.7. The van der Waals surface area contributed by atoms with Gasteiger partial charge in [0.1, 0.15) is 5.82 Å². The Balaban J connectivity index is 1.77. The zero-order chi connectivity index (χ0) is 17.2. The number of piperidine rings is 1. The molecular formula is C20H20FN3O. The van der Waals surface area contributed by atoms with Gasteiger partial charge in [0.05, 0.1) is 11.3 Å². The molecule has 1 fully saturated rings. The molecule has 1 N–H and O–H groups in total. The highest BCUT2D eigenvalue weighted by Crippen LogP contribution is 2.33. The first-order valence-corrected chi connectivity index (χ1v) is 8.64. The average Bonchev–Trinajstić information content (AvgIpc) is 2.95. The molecule has 0 bridgehead atoms. The fraction of sp³-hybridized carbons (Fsp3) is 0.250. The van der Waals surface area contributed by atoms with Crippen LogP contribution in [0.3, 0.4) is 0 Å². The molecule has 1 saturated heterocycles. The molecule has 2 aromatic rings. The summed E-state index contributed by atoms with van der Waals surface area (Å²) in [7, 11) is 0. The van der Waals surface area contributed by atoms with Crippen LogP contribution in [0.15, 0.2) is 54.7 Å². The summed E-state index contributed by atoms with van der Waals surface area (Å²) in [5, 5.41) is 7.10. The molecule has 2 heterocycles. The van der Waals surface area contributed by atoms with Crippen LogP contribution in [0.5, 0.6) is 0 Å². The SMILES string of the molecule is O=C1Nc2ccc(F)cc2C1=CN(c1ccccc1)N1CCCCC1. The molecule has 2 aromatic carbocycles. The Morgan fingerprint density at radius 3 is 2.56 bits per heavy atom. The first-order valence-electron chi connectivity index (χ1n) is 8.64. The van der Waals surface area contributed by atoms with Gasteiger partial charge in [0, 0.05) is 30.5 Å². The summed E-state index contributed by atoms with van der Waals surface area (Å²) >= 11 is 0. The van der Waals surface area contributed by atoms with Crippen LogP contribution in [0.2, 0.25) is 0 Å². The fourth-order valence-corrected chi connectivity index (χ4v) is 3.40. The molecule has 0 aliphatic carbocycles. The Kier molecular flexibility index (Phi) is 4.24. The number of carbonyl (C=O) groups excluding carboxylic acids is 1. The molecule has 0 spiro atoms. The van der Waals surface area contributed by atoms with E-state index in [0.29, 0.717) is 16.8 Å². The molecular weight excluding hydrogens is 317 g/mol. The third-order valence-electron chi connectivity index (χ3n) is 4.67. The van der Waals surface area contributed by atoms with E-state index >= 15 is 0 Å². The van der Waals surface area contributed by atoms with Gasteiger partial charge in [-0.1, -0.05) is 24.6 Å². The van der Waals surface area contributed by atoms with Crippen molar-refractivity contribution in [3.63, 3.8) is 0 Å². The maximum absolute atomic E-state index is 13.7. The number of fused-ring (bicyclic) bond motifs is 1. The normalized spacial score (nSPS) is 18.9. The van der Waals surface area contributed by atoms with Crippen molar-refractivity contribution in [1.82, 2.24) is 5.01 Å². The summed E-state index contributed by atoms with van der Waals surface area (Å²) in [6, 6.07) is 14.4. The van der Waals surface area contributed by atoms with Crippen molar-refractivity contribution in [1.29, 1.82) is 0 Å². The van der Waals surface area contributed by atoms with Gasteiger partial charge in [-0.05, 0) is 43.2 Å². The van der Waals surface area contributed by atoms with E-state index in [4.69, 9.17) is 0 Å². The lowest BCUT2D eigenvalue weighted by Gasteiger charge is -2.37. The monoisotopic (exact) mass is 337 g/mol. The highest BCUT2D eigenvalue weighted by atomic mass is 19.1. The summed E-state index contributed by atoms with van der Waals surface area (Å²) in [5.41, 5.74) is 2.76. The summed E-state index contributed by atoms with van der Waals surface area (Å²) in [6.07, 6.45) is 5.32. The summed E-state index contributed by atoms with van der Waals surface area (Å²) in [4.78, 5) is 12.4. The van der Waals surface area contributed by atoms with Crippen molar-refractivity contribution in [3.05, 3.63) is 66.1 Å². The van der Waals surface area contributed by atoms with E-state index in [1.54, 1.807) is 6.07 Å². The van der Waals surface area contributed by atoms with Gasteiger partial charge in [0.2, 0.25) is 0 Å². The van der Waals surface area contributed by atoms with Crippen LogP contribution in [0.4, 0.5) is 15.8 Å². The quantitative estimate of drug-likeness (QED) is 0.859. The number of anilines is 2. The highest BCUT2D eigenvalue weighted by molar-refractivity contribution is 6.31. The van der Waals surface area contributed by atoms with Gasteiger partial charge in [-0.2, -0.15) is 0 Å². The van der Waals surface area contributed by atoms with E-state index in [1.165, 1.54) is 18.6 Å². The molecule has 2 aliphatic heterocycles. The Labute approximate surface area is 146 Å². The molecule has 25 heavy (non-hydrogen) atoms. The fourth-order valence-electron chi connectivity index (χ4n) is 3.40. The zero-order valence-electron chi connectivity index (χ0n) is 13.9. The van der Waals surface area contributed by atoms with Crippen molar-refractivity contribution in [2.24, 2.45) is 0 Å². The molecule has 0 atom stereocenters. The highest BCUT2D eigenvalue weighted by Gasteiger charge is 2.27. The van der Waals surface area contributed by atoms with E-state index in [2.05, 4.69) is 10.3 Å². The minimum absolute atomic E-state index is 0.196. The maximum Gasteiger partial charge on any atom is 0.257 e. The van der Waals surface area contributed by atoms with Crippen molar-refractivity contribution in [2.45, 2.75) is 19.3 Å². The molecule has 4 rings (SSSR count). The van der Waals surface area contributed by atoms with Crippen molar-refractivity contribution < 1.29 is 9.18 Å². The number of benzene rings is 2. The minimum Gasteiger partial charge on any atom is -0.321 e. The smallest absolute Gasteiger partial charge is 0.257 e. The van der Waals surface area contributed by atoms with Crippen LogP contribution < -0.4 is 10.3 Å². The molecule has 0 aromatic heterocycles. The molecule has 0 unspecified atom stereocenters. The second-order valence-corrected chi connectivity index (χ2v) is 6.38. The van der Waals surface area contributed by atoms with E-state index in [1.807, 2.05) is 41.5 Å². The van der Waals surface area contributed by atoms with E-state index in [9.17, 15) is 9.18 Å². The number of hydrogen-bond donors (Lipinski definition) is 1. The van der Waals surface area contributed by atoms with Crippen LogP contribution in [0.1, 0.15) is 24.8 Å². The number of halogens is 1. The van der Waals surface area contributed by atoms with Crippen molar-refractivity contribution in [3.8, 4) is 0 Å². The Bertz CT molecular complexity index is 813. The van der Waals surface area contributed by atoms with E-state index in [0.717, 1.165) is 31.6 Å². The van der Waals surface area contributed by atoms with Crippen molar-refractivity contribution >= 4 is 22.9 Å². The van der Waals surface area contributed by atoms with Crippen LogP contribution in [0, 0.1) is 5.82 Å². The number of nitrogens with one attached hydrogen (secondary N) is 1. The second kappa shape index (κ2) is 6.69. The largest absolute Gasteiger partial charge is 0.321 e. The van der Waals surface area contributed by atoms with Crippen LogP contribution >= 0.6 is 0 Å². The lowest BCUT2D eigenvalue weighted by atomic mass is 10.1. The Morgan fingerprint density at radius 1 is 1.04 bits per heavy atom. The van der Waals surface area contributed by atoms with Gasteiger partial charge >= 0.3 is 0 Å². The van der Waals surface area contributed by atoms with Gasteiger partial charge in [-0.3, -0.25) is 9.80 Å². The molecule has 0 radical (unpaired) electrons. The first kappa shape index (κ1) is 15.8. The number of carbonyl (C=O) groups is 1. The van der Waals surface area contributed by atoms with Crippen molar-refractivity contribution in [2.75, 3.05) is 23.4 Å². The van der Waals surface area contributed by atoms with Crippen LogP contribution in [-0.2, 0) is 4.79 Å². The number of hydrogen-bond acceptors (Lipinski definition) is 3. The third kappa shape index (κ3) is 3.15. The molecule has 4 nitrogen and oxygen atoms in total. The summed E-state index contributed by atoms with van der Waals surface area (Å²) in [5.74, 6) is -0.538. The lowest BCUT2D eigenvalue weighted by Crippen LogP contribution is -2.43. The van der Waals surface area contributed by atoms with Gasteiger partial charge in [0.25, 0.3) is 5.91 Å².